The van der Waals surface area contributed by atoms with Crippen LogP contribution < -0.4 is 4.90 Å². The summed E-state index contributed by atoms with van der Waals surface area (Å²) in [6.45, 7) is 3.00. The average molecular weight is 349 g/mol. The molecule has 2 aliphatic heterocycles. The van der Waals surface area contributed by atoms with Gasteiger partial charge in [-0.3, -0.25) is 4.79 Å². The summed E-state index contributed by atoms with van der Waals surface area (Å²) >= 11 is 1.41. The molecule has 0 aromatic carbocycles. The maximum absolute atomic E-state index is 13.0. The molecule has 0 bridgehead atoms. The summed E-state index contributed by atoms with van der Waals surface area (Å²) in [6.07, 6.45) is 2.34. The van der Waals surface area contributed by atoms with Crippen molar-refractivity contribution in [2.24, 2.45) is 5.92 Å². The zero-order valence-electron chi connectivity index (χ0n) is 12.8. The minimum Gasteiger partial charge on any atom is -0.374 e. The number of fused-ring (bicyclic) bond motifs is 1. The molecule has 7 nitrogen and oxygen atoms in total. The van der Waals surface area contributed by atoms with E-state index in [2.05, 4.69) is 15.0 Å². The van der Waals surface area contributed by atoms with Gasteiger partial charge < -0.3 is 14.5 Å². The van der Waals surface area contributed by atoms with Gasteiger partial charge in [-0.15, -0.1) is 11.3 Å². The number of thiazole rings is 1. The van der Waals surface area contributed by atoms with Crippen molar-refractivity contribution in [3.8, 4) is 0 Å². The zero-order chi connectivity index (χ0) is 16.5. The van der Waals surface area contributed by atoms with Gasteiger partial charge in [0, 0.05) is 37.5 Å². The molecule has 0 radical (unpaired) electrons. The van der Waals surface area contributed by atoms with Crippen LogP contribution in [0.25, 0.3) is 0 Å². The molecular formula is C15H16FN5O2S. The SMILES string of the molecule is O=C(c1cscn1)N1CCO[C@H]2CN(c3ncc(F)cn3)C[C@H]2C1. The molecule has 1 amide bonds. The van der Waals surface area contributed by atoms with Gasteiger partial charge in [0.05, 0.1) is 30.6 Å². The Labute approximate surface area is 142 Å². The summed E-state index contributed by atoms with van der Waals surface area (Å²) in [5.74, 6) is 0.148. The lowest BCUT2D eigenvalue weighted by Gasteiger charge is -2.22. The smallest absolute Gasteiger partial charge is 0.273 e. The minimum atomic E-state index is -0.455. The first kappa shape index (κ1) is 15.4. The number of hydrogen-bond acceptors (Lipinski definition) is 7. The first-order chi connectivity index (χ1) is 11.7. The van der Waals surface area contributed by atoms with Gasteiger partial charge in [-0.1, -0.05) is 0 Å². The Morgan fingerprint density at radius 2 is 2.08 bits per heavy atom. The number of halogens is 1. The molecule has 9 heteroatoms. The summed E-state index contributed by atoms with van der Waals surface area (Å²) in [7, 11) is 0. The van der Waals surface area contributed by atoms with Crippen molar-refractivity contribution in [2.75, 3.05) is 37.7 Å². The monoisotopic (exact) mass is 349 g/mol. The Morgan fingerprint density at radius 1 is 1.25 bits per heavy atom. The maximum atomic E-state index is 13.0. The molecule has 24 heavy (non-hydrogen) atoms. The number of rotatable bonds is 2. The van der Waals surface area contributed by atoms with Gasteiger partial charge in [0.2, 0.25) is 5.95 Å². The fraction of sp³-hybridized carbons (Fsp3) is 0.467. The van der Waals surface area contributed by atoms with Crippen molar-refractivity contribution < 1.29 is 13.9 Å². The lowest BCUT2D eigenvalue weighted by Crippen LogP contribution is -2.37. The number of amides is 1. The molecule has 4 heterocycles. The Hall–Kier alpha value is -2.13. The van der Waals surface area contributed by atoms with Gasteiger partial charge in [-0.05, 0) is 0 Å². The van der Waals surface area contributed by atoms with Crippen molar-refractivity contribution >= 4 is 23.2 Å². The molecular weight excluding hydrogens is 333 g/mol. The fourth-order valence-corrected chi connectivity index (χ4v) is 3.72. The van der Waals surface area contributed by atoms with Crippen LogP contribution in [0.3, 0.4) is 0 Å². The molecule has 0 N–H and O–H groups in total. The Kier molecular flexibility index (Phi) is 4.11. The quantitative estimate of drug-likeness (QED) is 0.807. The van der Waals surface area contributed by atoms with Crippen LogP contribution in [0.2, 0.25) is 0 Å². The van der Waals surface area contributed by atoms with Crippen LogP contribution >= 0.6 is 11.3 Å². The van der Waals surface area contributed by atoms with Crippen LogP contribution in [-0.2, 0) is 4.74 Å². The molecule has 2 saturated heterocycles. The predicted molar refractivity (Wildman–Crippen MR) is 85.5 cm³/mol. The van der Waals surface area contributed by atoms with Crippen molar-refractivity contribution in [1.82, 2.24) is 19.9 Å². The van der Waals surface area contributed by atoms with Gasteiger partial charge >= 0.3 is 0 Å². The highest BCUT2D eigenvalue weighted by Gasteiger charge is 2.38. The Balaban J connectivity index is 1.47. The third-order valence-corrected chi connectivity index (χ3v) is 4.94. The van der Waals surface area contributed by atoms with Gasteiger partial charge in [0.15, 0.2) is 5.82 Å². The molecule has 0 spiro atoms. The van der Waals surface area contributed by atoms with E-state index in [1.165, 1.54) is 11.3 Å². The second-order valence-corrected chi connectivity index (χ2v) is 6.62. The summed E-state index contributed by atoms with van der Waals surface area (Å²) in [4.78, 5) is 28.5. The minimum absolute atomic E-state index is 0.0203. The summed E-state index contributed by atoms with van der Waals surface area (Å²) < 4.78 is 18.9. The molecule has 2 aromatic heterocycles. The number of carbonyl (C=O) groups excluding carboxylic acids is 1. The highest BCUT2D eigenvalue weighted by molar-refractivity contribution is 7.07. The van der Waals surface area contributed by atoms with E-state index >= 15 is 0 Å². The van der Waals surface area contributed by atoms with Crippen LogP contribution in [0.5, 0.6) is 0 Å². The number of anilines is 1. The topological polar surface area (TPSA) is 71.5 Å². The van der Waals surface area contributed by atoms with Crippen molar-refractivity contribution in [2.45, 2.75) is 6.10 Å². The average Bonchev–Trinajstić information content (AvgIpc) is 3.21. The molecule has 126 valence electrons. The first-order valence-electron chi connectivity index (χ1n) is 7.72. The van der Waals surface area contributed by atoms with Gasteiger partial charge in [-0.2, -0.15) is 0 Å². The normalized spacial score (nSPS) is 23.9. The largest absolute Gasteiger partial charge is 0.374 e. The predicted octanol–water partition coefficient (Wildman–Crippen LogP) is 1.05. The van der Waals surface area contributed by atoms with E-state index in [0.717, 1.165) is 12.4 Å². The van der Waals surface area contributed by atoms with E-state index < -0.39 is 5.82 Å². The van der Waals surface area contributed by atoms with E-state index in [0.29, 0.717) is 44.4 Å². The highest BCUT2D eigenvalue weighted by Crippen LogP contribution is 2.26. The summed E-state index contributed by atoms with van der Waals surface area (Å²) in [5.41, 5.74) is 2.14. The zero-order valence-corrected chi connectivity index (χ0v) is 13.7. The number of nitrogens with zero attached hydrogens (tertiary/aromatic N) is 5. The maximum Gasteiger partial charge on any atom is 0.273 e. The molecule has 2 atom stereocenters. The number of carbonyl (C=O) groups is 1. The summed E-state index contributed by atoms with van der Waals surface area (Å²) in [5, 5.41) is 1.76. The van der Waals surface area contributed by atoms with Gasteiger partial charge in [0.25, 0.3) is 5.91 Å². The third kappa shape index (κ3) is 2.96. The number of ether oxygens (including phenoxy) is 1. The van der Waals surface area contributed by atoms with Gasteiger partial charge in [-0.25, -0.2) is 19.3 Å². The van der Waals surface area contributed by atoms with Crippen LogP contribution in [0, 0.1) is 11.7 Å². The van der Waals surface area contributed by atoms with Gasteiger partial charge in [0.1, 0.15) is 5.69 Å². The highest BCUT2D eigenvalue weighted by atomic mass is 32.1. The standard InChI is InChI=1S/C15H16FN5O2S/c16-11-3-17-15(18-4-11)21-6-10-5-20(1-2-23-13(10)7-21)14(22)12-8-24-9-19-12/h3-4,8-10,13H,1-2,5-7H2/t10-,13+/m1/s1. The van der Waals surface area contributed by atoms with E-state index in [9.17, 15) is 9.18 Å². The van der Waals surface area contributed by atoms with E-state index in [1.807, 2.05) is 4.90 Å². The first-order valence-corrected chi connectivity index (χ1v) is 8.66. The van der Waals surface area contributed by atoms with Crippen LogP contribution in [0.15, 0.2) is 23.3 Å². The Bertz CT molecular complexity index is 711. The van der Waals surface area contributed by atoms with Crippen molar-refractivity contribution in [3.63, 3.8) is 0 Å². The summed E-state index contributed by atoms with van der Waals surface area (Å²) in [6, 6.07) is 0. The molecule has 0 saturated carbocycles. The third-order valence-electron chi connectivity index (χ3n) is 4.36. The van der Waals surface area contributed by atoms with E-state index in [1.54, 1.807) is 15.8 Å². The molecule has 2 aliphatic rings. The fourth-order valence-electron chi connectivity index (χ4n) is 3.19. The molecule has 4 rings (SSSR count). The number of aromatic nitrogens is 3. The molecule has 0 aliphatic carbocycles. The molecule has 2 aromatic rings. The van der Waals surface area contributed by atoms with E-state index in [-0.39, 0.29) is 17.9 Å². The lowest BCUT2D eigenvalue weighted by molar-refractivity contribution is 0.0568. The number of hydrogen-bond donors (Lipinski definition) is 0. The molecule has 2 fully saturated rings. The molecule has 0 unspecified atom stereocenters. The van der Waals surface area contributed by atoms with Crippen molar-refractivity contribution in [3.05, 3.63) is 34.8 Å². The van der Waals surface area contributed by atoms with Crippen LogP contribution in [0.4, 0.5) is 10.3 Å². The van der Waals surface area contributed by atoms with Crippen LogP contribution in [0.1, 0.15) is 10.5 Å². The van der Waals surface area contributed by atoms with E-state index in [4.69, 9.17) is 4.74 Å². The van der Waals surface area contributed by atoms with Crippen LogP contribution in [-0.4, -0.2) is 64.6 Å². The lowest BCUT2D eigenvalue weighted by atomic mass is 10.1. The second kappa shape index (κ2) is 6.40. The van der Waals surface area contributed by atoms with Crippen molar-refractivity contribution in [1.29, 1.82) is 0 Å². The second-order valence-electron chi connectivity index (χ2n) is 5.90. The Morgan fingerprint density at radius 3 is 2.83 bits per heavy atom.